The summed E-state index contributed by atoms with van der Waals surface area (Å²) in [5, 5.41) is 15.7. The monoisotopic (exact) mass is 529 g/mol. The van der Waals surface area contributed by atoms with Crippen molar-refractivity contribution in [2.45, 2.75) is 63.6 Å². The van der Waals surface area contributed by atoms with Gasteiger partial charge in [-0.15, -0.1) is 0 Å². The van der Waals surface area contributed by atoms with Crippen molar-refractivity contribution in [2.24, 2.45) is 5.92 Å². The maximum atomic E-state index is 14.0. The van der Waals surface area contributed by atoms with Gasteiger partial charge in [-0.3, -0.25) is 19.2 Å². The molecule has 4 rings (SSSR count). The van der Waals surface area contributed by atoms with E-state index in [1.807, 2.05) is 75.4 Å². The number of nitriles is 1. The third-order valence-electron chi connectivity index (χ3n) is 7.75. The Kier molecular flexibility index (Phi) is 8.05. The highest BCUT2D eigenvalue weighted by Crippen LogP contribution is 2.46. The third kappa shape index (κ3) is 5.51. The highest BCUT2D eigenvalue weighted by atomic mass is 16.2. The maximum Gasteiger partial charge on any atom is 0.246 e. The van der Waals surface area contributed by atoms with E-state index in [0.717, 1.165) is 11.1 Å². The van der Waals surface area contributed by atoms with Crippen molar-refractivity contribution in [3.63, 3.8) is 0 Å². The van der Waals surface area contributed by atoms with Crippen LogP contribution in [0.25, 0.3) is 0 Å². The number of hydrogen-bond donors (Lipinski definition) is 2. The van der Waals surface area contributed by atoms with E-state index in [9.17, 15) is 24.4 Å². The molecule has 9 heteroatoms. The lowest BCUT2D eigenvalue weighted by Crippen LogP contribution is -2.52. The van der Waals surface area contributed by atoms with Crippen LogP contribution in [0.3, 0.4) is 0 Å². The van der Waals surface area contributed by atoms with Crippen molar-refractivity contribution in [3.05, 3.63) is 65.7 Å². The number of carbonyl (C=O) groups is 4. The van der Waals surface area contributed by atoms with Crippen LogP contribution < -0.4 is 10.6 Å². The molecule has 204 valence electrons. The first kappa shape index (κ1) is 27.8. The number of benzene rings is 2. The Morgan fingerprint density at radius 3 is 2.46 bits per heavy atom. The lowest BCUT2D eigenvalue weighted by atomic mass is 9.80. The van der Waals surface area contributed by atoms with Crippen molar-refractivity contribution in [2.75, 3.05) is 18.9 Å². The number of anilines is 1. The lowest BCUT2D eigenvalue weighted by Gasteiger charge is -2.33. The van der Waals surface area contributed by atoms with Crippen LogP contribution in [0, 0.1) is 17.2 Å². The van der Waals surface area contributed by atoms with Crippen LogP contribution in [0.2, 0.25) is 0 Å². The Morgan fingerprint density at radius 2 is 1.79 bits per heavy atom. The number of fused-ring (bicyclic) bond motifs is 2. The van der Waals surface area contributed by atoms with E-state index in [1.165, 1.54) is 16.8 Å². The highest BCUT2D eigenvalue weighted by molar-refractivity contribution is 6.07. The van der Waals surface area contributed by atoms with Crippen molar-refractivity contribution < 1.29 is 19.2 Å². The van der Waals surface area contributed by atoms with Crippen molar-refractivity contribution >= 4 is 29.3 Å². The van der Waals surface area contributed by atoms with Crippen molar-refractivity contribution in [1.29, 1.82) is 5.26 Å². The van der Waals surface area contributed by atoms with Gasteiger partial charge in [-0.1, -0.05) is 62.4 Å². The standard InChI is InChI=1S/C30H35N5O4/c1-19(2)14-25(34(4)27(37)15-26(36)32-20(3)21-10-6-5-7-11-21)28(38)35-18-30(16-22(35)17-31)23-12-8-9-13-24(23)33-29(30)39/h5-13,19-20,22,25H,14-16,18H2,1-4H3,(H,32,36)(H,33,39)/t20-,22-,25-,30-/m0/s1. The van der Waals surface area contributed by atoms with Gasteiger partial charge in [0, 0.05) is 25.7 Å². The molecule has 4 amide bonds. The summed E-state index contributed by atoms with van der Waals surface area (Å²) in [6, 6.07) is 17.0. The number of likely N-dealkylation sites (tertiary alicyclic amines) is 1. The minimum atomic E-state index is -1.01. The van der Waals surface area contributed by atoms with Crippen LogP contribution in [0.4, 0.5) is 5.69 Å². The summed E-state index contributed by atoms with van der Waals surface area (Å²) >= 11 is 0. The van der Waals surface area contributed by atoms with E-state index in [2.05, 4.69) is 16.7 Å². The summed E-state index contributed by atoms with van der Waals surface area (Å²) in [5.41, 5.74) is 1.38. The van der Waals surface area contributed by atoms with Gasteiger partial charge in [0.15, 0.2) is 0 Å². The second kappa shape index (κ2) is 11.3. The van der Waals surface area contributed by atoms with E-state index in [-0.39, 0.29) is 30.8 Å². The Bertz CT molecular complexity index is 1300. The first-order chi connectivity index (χ1) is 18.6. The topological polar surface area (TPSA) is 123 Å². The van der Waals surface area contributed by atoms with Gasteiger partial charge in [0.1, 0.15) is 18.5 Å². The molecule has 2 N–H and O–H groups in total. The predicted molar refractivity (Wildman–Crippen MR) is 146 cm³/mol. The van der Waals surface area contributed by atoms with Crippen molar-refractivity contribution in [1.82, 2.24) is 15.1 Å². The zero-order valence-corrected chi connectivity index (χ0v) is 22.8. The summed E-state index contributed by atoms with van der Waals surface area (Å²) in [4.78, 5) is 55.7. The molecule has 1 spiro atoms. The van der Waals surface area contributed by atoms with Gasteiger partial charge in [-0.05, 0) is 36.5 Å². The molecule has 0 saturated carbocycles. The smallest absolute Gasteiger partial charge is 0.246 e. The van der Waals surface area contributed by atoms with Gasteiger partial charge in [0.05, 0.1) is 17.5 Å². The van der Waals surface area contributed by atoms with Crippen molar-refractivity contribution in [3.8, 4) is 6.07 Å². The normalized spacial score (nSPS) is 21.2. The number of para-hydroxylation sites is 1. The molecule has 2 heterocycles. The number of hydrogen-bond acceptors (Lipinski definition) is 5. The number of nitrogens with zero attached hydrogens (tertiary/aromatic N) is 3. The number of amides is 4. The summed E-state index contributed by atoms with van der Waals surface area (Å²) in [5.74, 6) is -1.48. The molecule has 2 aliphatic rings. The van der Waals surface area contributed by atoms with Gasteiger partial charge in [0.25, 0.3) is 0 Å². The second-order valence-electron chi connectivity index (χ2n) is 10.9. The van der Waals surface area contributed by atoms with E-state index in [4.69, 9.17) is 0 Å². The number of rotatable bonds is 8. The second-order valence-corrected chi connectivity index (χ2v) is 10.9. The number of nitrogens with one attached hydrogen (secondary N) is 2. The van der Waals surface area contributed by atoms with Crippen LogP contribution in [0.1, 0.15) is 57.2 Å². The average Bonchev–Trinajstić information content (AvgIpc) is 3.44. The lowest BCUT2D eigenvalue weighted by molar-refractivity contribution is -0.147. The Labute approximate surface area is 229 Å². The van der Waals surface area contributed by atoms with E-state index in [0.29, 0.717) is 12.1 Å². The largest absolute Gasteiger partial charge is 0.349 e. The van der Waals surface area contributed by atoms with Gasteiger partial charge in [0.2, 0.25) is 23.6 Å². The van der Waals surface area contributed by atoms with Crippen LogP contribution in [-0.2, 0) is 24.6 Å². The summed E-state index contributed by atoms with van der Waals surface area (Å²) < 4.78 is 0. The summed E-state index contributed by atoms with van der Waals surface area (Å²) in [7, 11) is 1.52. The Hall–Kier alpha value is -4.19. The molecule has 4 atom stereocenters. The molecule has 2 aromatic rings. The molecule has 1 fully saturated rings. The Balaban J connectivity index is 1.50. The molecule has 0 bridgehead atoms. The van der Waals surface area contributed by atoms with E-state index in [1.54, 1.807) is 0 Å². The molecule has 0 unspecified atom stereocenters. The maximum absolute atomic E-state index is 14.0. The fraction of sp³-hybridized carbons (Fsp3) is 0.433. The quantitative estimate of drug-likeness (QED) is 0.509. The number of likely N-dealkylation sites (N-methyl/N-ethyl adjacent to an activating group) is 1. The SMILES string of the molecule is CC(C)C[C@@H](C(=O)N1C[C@]2(C[C@H]1C#N)C(=O)Nc1ccccc12)N(C)C(=O)CC(=O)N[C@@H](C)c1ccccc1. The molecule has 2 aliphatic heterocycles. The van der Waals surface area contributed by atoms with Crippen LogP contribution in [0.15, 0.2) is 54.6 Å². The molecular formula is C30H35N5O4. The first-order valence-electron chi connectivity index (χ1n) is 13.3. The fourth-order valence-electron chi connectivity index (χ4n) is 5.60. The minimum Gasteiger partial charge on any atom is -0.349 e. The van der Waals surface area contributed by atoms with Crippen LogP contribution in [-0.4, -0.2) is 59.1 Å². The van der Waals surface area contributed by atoms with Gasteiger partial charge >= 0.3 is 0 Å². The fourth-order valence-corrected chi connectivity index (χ4v) is 5.60. The number of carbonyl (C=O) groups excluding carboxylic acids is 4. The molecule has 0 aliphatic carbocycles. The Morgan fingerprint density at radius 1 is 1.13 bits per heavy atom. The molecule has 1 saturated heterocycles. The molecule has 2 aromatic carbocycles. The zero-order valence-electron chi connectivity index (χ0n) is 22.8. The zero-order chi connectivity index (χ0) is 28.3. The minimum absolute atomic E-state index is 0.0542. The average molecular weight is 530 g/mol. The molecule has 0 radical (unpaired) electrons. The molecular weight excluding hydrogens is 494 g/mol. The predicted octanol–water partition coefficient (Wildman–Crippen LogP) is 3.14. The van der Waals surface area contributed by atoms with Gasteiger partial charge in [-0.25, -0.2) is 0 Å². The summed E-state index contributed by atoms with van der Waals surface area (Å²) in [6.45, 7) is 5.79. The van der Waals surface area contributed by atoms with E-state index < -0.39 is 41.6 Å². The van der Waals surface area contributed by atoms with Gasteiger partial charge in [-0.2, -0.15) is 5.26 Å². The highest BCUT2D eigenvalue weighted by Gasteiger charge is 2.56. The molecule has 9 nitrogen and oxygen atoms in total. The van der Waals surface area contributed by atoms with E-state index >= 15 is 0 Å². The van der Waals surface area contributed by atoms with Crippen LogP contribution in [0.5, 0.6) is 0 Å². The summed E-state index contributed by atoms with van der Waals surface area (Å²) in [6.07, 6.45) is 0.133. The third-order valence-corrected chi connectivity index (χ3v) is 7.75. The molecule has 0 aromatic heterocycles. The molecule has 39 heavy (non-hydrogen) atoms. The first-order valence-corrected chi connectivity index (χ1v) is 13.3. The van der Waals surface area contributed by atoms with Crippen LogP contribution >= 0.6 is 0 Å². The van der Waals surface area contributed by atoms with Gasteiger partial charge < -0.3 is 20.4 Å².